The van der Waals surface area contributed by atoms with E-state index in [1.165, 1.54) is 35.5 Å². The summed E-state index contributed by atoms with van der Waals surface area (Å²) in [7, 11) is 3.05. The Kier molecular flexibility index (Phi) is 5.10. The first kappa shape index (κ1) is 19.2. The number of aromatic nitrogens is 2. The van der Waals surface area contributed by atoms with Crippen molar-refractivity contribution in [1.82, 2.24) is 9.13 Å². The summed E-state index contributed by atoms with van der Waals surface area (Å²) in [6.07, 6.45) is 0. The van der Waals surface area contributed by atoms with Crippen LogP contribution in [0, 0.1) is 5.82 Å². The Bertz CT molecular complexity index is 1200. The van der Waals surface area contributed by atoms with Crippen molar-refractivity contribution in [3.8, 4) is 0 Å². The van der Waals surface area contributed by atoms with Gasteiger partial charge in [0.2, 0.25) is 0 Å². The molecule has 4 rings (SSSR count). The highest BCUT2D eigenvalue weighted by Gasteiger charge is 2.30. The lowest BCUT2D eigenvalue weighted by molar-refractivity contribution is 0.625. The first-order chi connectivity index (χ1) is 14.0. The molecule has 3 aromatic rings. The lowest BCUT2D eigenvalue weighted by atomic mass is 9.99. The zero-order valence-electron chi connectivity index (χ0n) is 15.9. The van der Waals surface area contributed by atoms with E-state index in [2.05, 4.69) is 5.32 Å². The number of hydrogen-bond donors (Lipinski definition) is 1. The molecule has 0 spiro atoms. The van der Waals surface area contributed by atoms with E-state index in [0.717, 1.165) is 10.1 Å². The van der Waals surface area contributed by atoms with Gasteiger partial charge in [-0.2, -0.15) is 0 Å². The van der Waals surface area contributed by atoms with E-state index in [1.54, 1.807) is 19.2 Å². The molecule has 6 nitrogen and oxygen atoms in total. The molecule has 0 radical (unpaired) electrons. The van der Waals surface area contributed by atoms with E-state index >= 15 is 0 Å². The number of anilines is 1. The molecule has 1 N–H and O–H groups in total. The Morgan fingerprint density at radius 3 is 2.41 bits per heavy atom. The van der Waals surface area contributed by atoms with Crippen LogP contribution < -0.4 is 16.6 Å². The van der Waals surface area contributed by atoms with Crippen LogP contribution >= 0.6 is 11.8 Å². The van der Waals surface area contributed by atoms with Crippen LogP contribution in [0.4, 0.5) is 10.2 Å². The van der Waals surface area contributed by atoms with Crippen LogP contribution in [0.2, 0.25) is 0 Å². The molecule has 8 heteroatoms. The Morgan fingerprint density at radius 2 is 1.72 bits per heavy atom. The van der Waals surface area contributed by atoms with Gasteiger partial charge in [-0.1, -0.05) is 54.2 Å². The monoisotopic (exact) mass is 410 g/mol. The summed E-state index contributed by atoms with van der Waals surface area (Å²) in [6.45, 7) is 0. The van der Waals surface area contributed by atoms with Crippen LogP contribution in [0.15, 0.2) is 69.2 Å². The van der Waals surface area contributed by atoms with Gasteiger partial charge in [-0.05, 0) is 23.3 Å². The second-order valence-electron chi connectivity index (χ2n) is 6.76. The van der Waals surface area contributed by atoms with E-state index in [-0.39, 0.29) is 5.82 Å². The van der Waals surface area contributed by atoms with Crippen molar-refractivity contribution in [1.29, 1.82) is 0 Å². The van der Waals surface area contributed by atoms with Crippen molar-refractivity contribution >= 4 is 22.7 Å². The number of benzene rings is 2. The van der Waals surface area contributed by atoms with E-state index in [0.29, 0.717) is 27.9 Å². The number of aliphatic imine (C=N–C) groups is 1. The highest BCUT2D eigenvalue weighted by molar-refractivity contribution is 8.13. The molecule has 0 saturated carbocycles. The van der Waals surface area contributed by atoms with Crippen molar-refractivity contribution in [2.75, 3.05) is 5.32 Å². The van der Waals surface area contributed by atoms with E-state index < -0.39 is 17.3 Å². The molecule has 0 amide bonds. The fourth-order valence-corrected chi connectivity index (χ4v) is 4.11. The molecule has 1 aliphatic rings. The van der Waals surface area contributed by atoms with Crippen molar-refractivity contribution in [3.63, 3.8) is 0 Å². The van der Waals surface area contributed by atoms with Gasteiger partial charge >= 0.3 is 5.69 Å². The van der Waals surface area contributed by atoms with Gasteiger partial charge < -0.3 is 5.32 Å². The van der Waals surface area contributed by atoms with E-state index in [1.807, 2.05) is 30.3 Å². The first-order valence-electron chi connectivity index (χ1n) is 9.02. The number of fused-ring (bicyclic) bond motifs is 1. The van der Waals surface area contributed by atoms with Crippen LogP contribution in [0.25, 0.3) is 0 Å². The molecule has 29 heavy (non-hydrogen) atoms. The van der Waals surface area contributed by atoms with Gasteiger partial charge in [-0.15, -0.1) is 0 Å². The van der Waals surface area contributed by atoms with Crippen LogP contribution in [0.5, 0.6) is 0 Å². The summed E-state index contributed by atoms with van der Waals surface area (Å²) in [5.41, 5.74) is 1.34. The quantitative estimate of drug-likeness (QED) is 0.721. The number of nitrogens with zero attached hydrogens (tertiary/aromatic N) is 3. The average Bonchev–Trinajstić information content (AvgIpc) is 2.75. The van der Waals surface area contributed by atoms with Gasteiger partial charge in [0, 0.05) is 19.8 Å². The third-order valence-corrected chi connectivity index (χ3v) is 5.81. The van der Waals surface area contributed by atoms with Crippen LogP contribution in [0.1, 0.15) is 22.7 Å². The molecule has 2 heterocycles. The molecular weight excluding hydrogens is 391 g/mol. The minimum absolute atomic E-state index is 0.362. The normalized spacial score (nSPS) is 15.4. The van der Waals surface area contributed by atoms with E-state index in [4.69, 9.17) is 4.99 Å². The van der Waals surface area contributed by atoms with Crippen molar-refractivity contribution in [2.45, 2.75) is 11.8 Å². The Hall–Kier alpha value is -3.13. The smallest absolute Gasteiger partial charge is 0.320 e. The third-order valence-electron chi connectivity index (χ3n) is 4.85. The highest BCUT2D eigenvalue weighted by atomic mass is 32.2. The van der Waals surface area contributed by atoms with Crippen LogP contribution in [0.3, 0.4) is 0 Å². The summed E-state index contributed by atoms with van der Waals surface area (Å²) in [5.74, 6) is 0.730. The number of nitrogens with one attached hydrogen (secondary N) is 1. The Morgan fingerprint density at radius 1 is 1.03 bits per heavy atom. The highest BCUT2D eigenvalue weighted by Crippen LogP contribution is 2.34. The second kappa shape index (κ2) is 7.71. The molecule has 1 atom stereocenters. The average molecular weight is 410 g/mol. The Labute approximate surface area is 170 Å². The SMILES string of the molecule is Cn1c2c(c(=O)n(C)c1=O)C(c1ccc(F)cc1)N=C(SCc1ccccc1)N2. The minimum Gasteiger partial charge on any atom is -0.320 e. The molecule has 1 aliphatic heterocycles. The maximum absolute atomic E-state index is 13.4. The minimum atomic E-state index is -0.629. The zero-order valence-corrected chi connectivity index (χ0v) is 16.7. The fourth-order valence-electron chi connectivity index (χ4n) is 3.27. The van der Waals surface area contributed by atoms with Gasteiger partial charge in [-0.3, -0.25) is 13.9 Å². The summed E-state index contributed by atoms with van der Waals surface area (Å²) >= 11 is 1.48. The predicted molar refractivity (Wildman–Crippen MR) is 114 cm³/mol. The van der Waals surface area contributed by atoms with Gasteiger partial charge in [0.05, 0.1) is 5.56 Å². The van der Waals surface area contributed by atoms with Gasteiger partial charge in [0.15, 0.2) is 5.17 Å². The maximum atomic E-state index is 13.4. The van der Waals surface area contributed by atoms with Crippen molar-refractivity contribution < 1.29 is 4.39 Å². The molecule has 148 valence electrons. The molecule has 2 aromatic carbocycles. The number of halogens is 1. The molecule has 0 fully saturated rings. The van der Waals surface area contributed by atoms with Crippen molar-refractivity contribution in [2.24, 2.45) is 19.1 Å². The largest absolute Gasteiger partial charge is 0.332 e. The summed E-state index contributed by atoms with van der Waals surface area (Å²) in [4.78, 5) is 30.0. The Balaban J connectivity index is 1.80. The fraction of sp³-hybridized carbons (Fsp3) is 0.190. The molecule has 0 bridgehead atoms. The topological polar surface area (TPSA) is 68.4 Å². The van der Waals surface area contributed by atoms with Gasteiger partial charge in [0.1, 0.15) is 17.7 Å². The second-order valence-corrected chi connectivity index (χ2v) is 7.72. The van der Waals surface area contributed by atoms with Crippen LogP contribution in [-0.4, -0.2) is 14.3 Å². The first-order valence-corrected chi connectivity index (χ1v) is 10.0. The van der Waals surface area contributed by atoms with Crippen molar-refractivity contribution in [3.05, 3.63) is 97.9 Å². The molecule has 1 aromatic heterocycles. The maximum Gasteiger partial charge on any atom is 0.332 e. The number of hydrogen-bond acceptors (Lipinski definition) is 5. The third kappa shape index (κ3) is 3.63. The summed E-state index contributed by atoms with van der Waals surface area (Å²) in [6, 6.07) is 15.2. The number of thioether (sulfide) groups is 1. The molecule has 0 aliphatic carbocycles. The van der Waals surface area contributed by atoms with Crippen LogP contribution in [-0.2, 0) is 19.8 Å². The standard InChI is InChI=1S/C21H19FN4O2S/c1-25-18-16(19(27)26(2)21(25)28)17(14-8-10-15(22)11-9-14)23-20(24-18)29-12-13-6-4-3-5-7-13/h3-11,17H,12H2,1-2H3,(H,23,24). The zero-order chi connectivity index (χ0) is 20.5. The van der Waals surface area contributed by atoms with Gasteiger partial charge in [-0.25, -0.2) is 14.2 Å². The summed E-state index contributed by atoms with van der Waals surface area (Å²) < 4.78 is 15.9. The number of rotatable bonds is 3. The summed E-state index contributed by atoms with van der Waals surface area (Å²) in [5, 5.41) is 3.74. The predicted octanol–water partition coefficient (Wildman–Crippen LogP) is 3.03. The molecule has 1 unspecified atom stereocenters. The molecule has 0 saturated heterocycles. The van der Waals surface area contributed by atoms with Gasteiger partial charge in [0.25, 0.3) is 5.56 Å². The molecular formula is C21H19FN4O2S. The van der Waals surface area contributed by atoms with E-state index in [9.17, 15) is 14.0 Å². The lowest BCUT2D eigenvalue weighted by Crippen LogP contribution is -2.43. The lowest BCUT2D eigenvalue weighted by Gasteiger charge is -2.26. The number of amidine groups is 1.